The smallest absolute Gasteiger partial charge is 0.0701 e. The van der Waals surface area contributed by atoms with Gasteiger partial charge in [-0.25, -0.2) is 5.48 Å². The Morgan fingerprint density at radius 3 is 2.12 bits per heavy atom. The monoisotopic (exact) mass is 419 g/mol. The third kappa shape index (κ3) is 17.3. The van der Waals surface area contributed by atoms with Gasteiger partial charge in [-0.05, 0) is 31.7 Å². The standard InChI is InChI=1S/C10H16O.C7H18N2O3.Y/c1-9-6-4-2-3-5-7-10(9)8-11;1-8-2-4-11-6-7-12-5-3-9-10;/h9-11H,4-8H2,1H3;8-10H,2-7H2,1H3;. The summed E-state index contributed by atoms with van der Waals surface area (Å²) in [5, 5.41) is 20.2. The molecule has 1 radical (unpaired) electrons. The van der Waals surface area contributed by atoms with Crippen LogP contribution in [0.2, 0.25) is 0 Å². The van der Waals surface area contributed by atoms with Crippen LogP contribution in [0.5, 0.6) is 0 Å². The van der Waals surface area contributed by atoms with E-state index in [1.54, 1.807) is 0 Å². The van der Waals surface area contributed by atoms with E-state index in [1.807, 2.05) is 12.5 Å². The summed E-state index contributed by atoms with van der Waals surface area (Å²) in [6.45, 7) is 6.26. The Labute approximate surface area is 172 Å². The molecule has 0 aliphatic heterocycles. The van der Waals surface area contributed by atoms with Crippen LogP contribution in [0.15, 0.2) is 0 Å². The molecule has 4 N–H and O–H groups in total. The van der Waals surface area contributed by atoms with Crippen molar-refractivity contribution in [2.24, 2.45) is 11.8 Å². The first kappa shape index (κ1) is 26.7. The minimum absolute atomic E-state index is 0. The van der Waals surface area contributed by atoms with Crippen LogP contribution in [0.25, 0.3) is 0 Å². The van der Waals surface area contributed by atoms with E-state index >= 15 is 0 Å². The summed E-state index contributed by atoms with van der Waals surface area (Å²) < 4.78 is 10.3. The normalized spacial score (nSPS) is 19.7. The predicted molar refractivity (Wildman–Crippen MR) is 91.3 cm³/mol. The molecule has 6 nitrogen and oxygen atoms in total. The number of nitrogens with one attached hydrogen (secondary N) is 2. The van der Waals surface area contributed by atoms with E-state index in [4.69, 9.17) is 19.8 Å². The molecule has 24 heavy (non-hydrogen) atoms. The van der Waals surface area contributed by atoms with Crippen molar-refractivity contribution >= 4 is 0 Å². The Morgan fingerprint density at radius 1 is 1.00 bits per heavy atom. The first-order chi connectivity index (χ1) is 11.3. The van der Waals surface area contributed by atoms with Gasteiger partial charge in [0.1, 0.15) is 0 Å². The van der Waals surface area contributed by atoms with E-state index < -0.39 is 0 Å². The predicted octanol–water partition coefficient (Wildman–Crippen LogP) is 1.02. The second-order valence-electron chi connectivity index (χ2n) is 5.59. The van der Waals surface area contributed by atoms with Crippen LogP contribution < -0.4 is 10.8 Å². The fourth-order valence-corrected chi connectivity index (χ4v) is 2.14. The zero-order chi connectivity index (χ0) is 17.2. The molecular formula is C17H34N2O4Y. The van der Waals surface area contributed by atoms with Crippen molar-refractivity contribution in [2.45, 2.75) is 32.6 Å². The summed E-state index contributed by atoms with van der Waals surface area (Å²) in [5.74, 6) is 7.38. The third-order valence-electron chi connectivity index (χ3n) is 3.76. The summed E-state index contributed by atoms with van der Waals surface area (Å²) in [4.78, 5) is 0. The molecule has 0 bridgehead atoms. The van der Waals surface area contributed by atoms with Crippen molar-refractivity contribution in [3.63, 3.8) is 0 Å². The Kier molecular flexibility index (Phi) is 23.8. The van der Waals surface area contributed by atoms with E-state index in [-0.39, 0.29) is 32.7 Å². The van der Waals surface area contributed by atoms with Crippen molar-refractivity contribution in [2.75, 3.05) is 53.2 Å². The number of hydrogen-bond acceptors (Lipinski definition) is 6. The fraction of sp³-hybridized carbons (Fsp3) is 0.882. The van der Waals surface area contributed by atoms with Gasteiger partial charge < -0.3 is 25.1 Å². The maximum atomic E-state index is 9.03. The molecule has 0 fully saturated rings. The first-order valence-corrected chi connectivity index (χ1v) is 8.49. The van der Waals surface area contributed by atoms with Gasteiger partial charge in [-0.2, -0.15) is 0 Å². The van der Waals surface area contributed by atoms with Crippen molar-refractivity contribution in [1.82, 2.24) is 10.8 Å². The van der Waals surface area contributed by atoms with E-state index in [9.17, 15) is 0 Å². The van der Waals surface area contributed by atoms with Gasteiger partial charge >= 0.3 is 0 Å². The van der Waals surface area contributed by atoms with Gasteiger partial charge in [0.05, 0.1) is 26.4 Å². The molecule has 0 saturated heterocycles. The summed E-state index contributed by atoms with van der Waals surface area (Å²) in [6.07, 6.45) is 4.20. The summed E-state index contributed by atoms with van der Waals surface area (Å²) in [7, 11) is 1.88. The van der Waals surface area contributed by atoms with Gasteiger partial charge in [-0.1, -0.05) is 6.92 Å². The van der Waals surface area contributed by atoms with E-state index in [2.05, 4.69) is 24.1 Å². The minimum atomic E-state index is 0. The molecule has 7 heteroatoms. The molecule has 139 valence electrons. The molecule has 0 aromatic rings. The zero-order valence-corrected chi connectivity index (χ0v) is 18.1. The Morgan fingerprint density at radius 2 is 1.58 bits per heavy atom. The third-order valence-corrected chi connectivity index (χ3v) is 3.76. The van der Waals surface area contributed by atoms with Crippen LogP contribution in [0.3, 0.4) is 0 Å². The molecule has 0 aromatic carbocycles. The second-order valence-corrected chi connectivity index (χ2v) is 5.59. The summed E-state index contributed by atoms with van der Waals surface area (Å²) in [6, 6.07) is 0. The molecule has 0 amide bonds. The SMILES string of the molecule is CC1CCC#CCCC1CO.CNCCOCCOCCNO.[Y]. The van der Waals surface area contributed by atoms with Crippen LogP contribution in [0.1, 0.15) is 32.6 Å². The largest absolute Gasteiger partial charge is 0.396 e. The van der Waals surface area contributed by atoms with Crippen LogP contribution in [0.4, 0.5) is 0 Å². The minimum Gasteiger partial charge on any atom is -0.396 e. The molecule has 0 heterocycles. The summed E-state index contributed by atoms with van der Waals surface area (Å²) in [5.41, 5.74) is 2.00. The molecule has 0 saturated carbocycles. The molecule has 0 aromatic heterocycles. The van der Waals surface area contributed by atoms with Crippen LogP contribution in [-0.4, -0.2) is 63.5 Å². The number of likely N-dealkylation sites (N-methyl/N-ethyl adjacent to an activating group) is 1. The maximum absolute atomic E-state index is 9.03. The Hall–Kier alpha value is 0.424. The fourth-order valence-electron chi connectivity index (χ4n) is 2.14. The molecular weight excluding hydrogens is 385 g/mol. The maximum Gasteiger partial charge on any atom is 0.0701 e. The van der Waals surface area contributed by atoms with Gasteiger partial charge in [-0.3, -0.25) is 0 Å². The van der Waals surface area contributed by atoms with Crippen molar-refractivity contribution in [3.8, 4) is 11.8 Å². The van der Waals surface area contributed by atoms with E-state index in [1.165, 1.54) is 0 Å². The second kappa shape index (κ2) is 21.5. The average molecular weight is 419 g/mol. The molecule has 1 aliphatic rings. The van der Waals surface area contributed by atoms with Gasteiger partial charge in [-0.15, -0.1) is 11.8 Å². The number of aliphatic hydroxyl groups excluding tert-OH is 1. The van der Waals surface area contributed by atoms with Crippen LogP contribution in [-0.2, 0) is 42.2 Å². The zero-order valence-electron chi connectivity index (χ0n) is 15.2. The van der Waals surface area contributed by atoms with Gasteiger partial charge in [0.2, 0.25) is 0 Å². The molecule has 2 unspecified atom stereocenters. The molecule has 1 rings (SSSR count). The summed E-state index contributed by atoms with van der Waals surface area (Å²) >= 11 is 0. The van der Waals surface area contributed by atoms with Gasteiger partial charge in [0, 0.05) is 65.2 Å². The van der Waals surface area contributed by atoms with E-state index in [0.29, 0.717) is 51.4 Å². The van der Waals surface area contributed by atoms with Crippen molar-refractivity contribution in [1.29, 1.82) is 0 Å². The number of hydroxylamine groups is 1. The Bertz CT molecular complexity index is 301. The number of aliphatic hydroxyl groups is 1. The van der Waals surface area contributed by atoms with E-state index in [0.717, 1.165) is 32.2 Å². The van der Waals surface area contributed by atoms with Crippen LogP contribution in [0, 0.1) is 23.7 Å². The van der Waals surface area contributed by atoms with Crippen LogP contribution >= 0.6 is 0 Å². The molecule has 2 atom stereocenters. The topological polar surface area (TPSA) is 83.0 Å². The van der Waals surface area contributed by atoms with Gasteiger partial charge in [0.25, 0.3) is 0 Å². The first-order valence-electron chi connectivity index (χ1n) is 8.49. The number of ether oxygens (including phenoxy) is 2. The molecule has 1 aliphatic carbocycles. The van der Waals surface area contributed by atoms with Crippen molar-refractivity contribution < 1.29 is 52.5 Å². The van der Waals surface area contributed by atoms with Crippen molar-refractivity contribution in [3.05, 3.63) is 0 Å². The molecule has 0 spiro atoms. The quantitative estimate of drug-likeness (QED) is 0.241. The van der Waals surface area contributed by atoms with Gasteiger partial charge in [0.15, 0.2) is 0 Å². The Balaban J connectivity index is 0. The number of rotatable bonds is 10. The number of hydrogen-bond donors (Lipinski definition) is 4. The average Bonchev–Trinajstić information content (AvgIpc) is 2.55.